The van der Waals surface area contributed by atoms with E-state index in [2.05, 4.69) is 5.10 Å². The first kappa shape index (κ1) is 14.9. The van der Waals surface area contributed by atoms with Gasteiger partial charge in [0, 0.05) is 7.11 Å². The van der Waals surface area contributed by atoms with Gasteiger partial charge in [-0.2, -0.15) is 4.68 Å². The van der Waals surface area contributed by atoms with Crippen LogP contribution in [0.15, 0.2) is 11.1 Å². The van der Waals surface area contributed by atoms with Gasteiger partial charge in [-0.05, 0) is 30.6 Å². The fourth-order valence-electron chi connectivity index (χ4n) is 2.45. The number of ether oxygens (including phenoxy) is 1. The molecule has 1 heterocycles. The highest BCUT2D eigenvalue weighted by atomic mass is 32.2. The van der Waals surface area contributed by atoms with E-state index in [0.717, 1.165) is 25.5 Å². The first-order valence-electron chi connectivity index (χ1n) is 6.12. The van der Waals surface area contributed by atoms with E-state index in [4.69, 9.17) is 9.88 Å². The van der Waals surface area contributed by atoms with Crippen LogP contribution in [-0.2, 0) is 14.8 Å². The normalized spacial score (nSPS) is 23.7. The summed E-state index contributed by atoms with van der Waals surface area (Å²) >= 11 is 0. The lowest BCUT2D eigenvalue weighted by molar-refractivity contribution is -0.392. The lowest BCUT2D eigenvalue weighted by Gasteiger charge is -2.26. The van der Waals surface area contributed by atoms with Crippen molar-refractivity contribution < 1.29 is 18.1 Å². The predicted molar refractivity (Wildman–Crippen MR) is 68.6 cm³/mol. The zero-order chi connectivity index (χ0) is 14.9. The molecule has 0 aliphatic heterocycles. The maximum absolute atomic E-state index is 11.4. The third-order valence-electron chi connectivity index (χ3n) is 3.47. The van der Waals surface area contributed by atoms with Crippen molar-refractivity contribution in [3.05, 3.63) is 16.3 Å². The van der Waals surface area contributed by atoms with Crippen LogP contribution in [0.4, 0.5) is 5.82 Å². The number of primary sulfonamides is 1. The molecule has 1 aromatic rings. The number of methoxy groups -OCH3 is 1. The van der Waals surface area contributed by atoms with E-state index in [1.807, 2.05) is 0 Å². The Morgan fingerprint density at radius 3 is 2.75 bits per heavy atom. The largest absolute Gasteiger partial charge is 0.410 e. The van der Waals surface area contributed by atoms with Crippen molar-refractivity contribution in [1.29, 1.82) is 0 Å². The molecule has 0 bridgehead atoms. The Morgan fingerprint density at radius 2 is 2.25 bits per heavy atom. The number of hydrogen-bond acceptors (Lipinski definition) is 6. The monoisotopic (exact) mass is 304 g/mol. The van der Waals surface area contributed by atoms with Crippen LogP contribution in [-0.4, -0.2) is 36.3 Å². The molecule has 2 rings (SSSR count). The van der Waals surface area contributed by atoms with E-state index < -0.39 is 25.7 Å². The van der Waals surface area contributed by atoms with Gasteiger partial charge in [0.25, 0.3) is 0 Å². The van der Waals surface area contributed by atoms with Gasteiger partial charge in [0.15, 0.2) is 0 Å². The van der Waals surface area contributed by atoms with Gasteiger partial charge in [0.05, 0.1) is 23.4 Å². The highest BCUT2D eigenvalue weighted by molar-refractivity contribution is 7.89. The van der Waals surface area contributed by atoms with E-state index in [-0.39, 0.29) is 12.1 Å². The summed E-state index contributed by atoms with van der Waals surface area (Å²) in [6.07, 6.45) is 4.40. The lowest BCUT2D eigenvalue weighted by Crippen LogP contribution is -2.24. The number of hydrogen-bond donors (Lipinski definition) is 1. The Bertz CT molecular complexity index is 611. The summed E-state index contributed by atoms with van der Waals surface area (Å²) in [5.41, 5.74) is 0. The number of nitro groups is 1. The van der Waals surface area contributed by atoms with Crippen LogP contribution in [0.2, 0.25) is 0 Å². The topological polar surface area (TPSA) is 130 Å². The fourth-order valence-corrected chi connectivity index (χ4v) is 3.08. The molecule has 9 nitrogen and oxygen atoms in total. The molecule has 1 aromatic heterocycles. The van der Waals surface area contributed by atoms with Crippen LogP contribution in [0, 0.1) is 10.1 Å². The molecule has 1 fully saturated rings. The van der Waals surface area contributed by atoms with Crippen molar-refractivity contribution in [2.45, 2.75) is 42.7 Å². The molecule has 1 aliphatic rings. The Balaban J connectivity index is 2.36. The third kappa shape index (κ3) is 2.97. The maximum Gasteiger partial charge on any atom is 0.410 e. The van der Waals surface area contributed by atoms with Crippen LogP contribution in [0.1, 0.15) is 31.7 Å². The van der Waals surface area contributed by atoms with Crippen LogP contribution >= 0.6 is 0 Å². The molecule has 0 spiro atoms. The number of nitrogens with zero attached hydrogens (tertiary/aromatic N) is 3. The molecule has 112 valence electrons. The average molecular weight is 304 g/mol. The van der Waals surface area contributed by atoms with Gasteiger partial charge in [0.1, 0.15) is 0 Å². The summed E-state index contributed by atoms with van der Waals surface area (Å²) in [5, 5.41) is 19.6. The van der Waals surface area contributed by atoms with E-state index in [9.17, 15) is 18.5 Å². The second-order valence-electron chi connectivity index (χ2n) is 4.78. The SMILES string of the molecule is COC1CCCC(n2cc(S(N)(=O)=O)c([N+](=O)[O-])n2)C1. The van der Waals surface area contributed by atoms with E-state index in [1.165, 1.54) is 4.68 Å². The summed E-state index contributed by atoms with van der Waals surface area (Å²) < 4.78 is 29.3. The number of rotatable bonds is 4. The Labute approximate surface area is 115 Å². The molecule has 2 unspecified atom stereocenters. The molecule has 0 amide bonds. The van der Waals surface area contributed by atoms with Gasteiger partial charge in [-0.25, -0.2) is 13.6 Å². The van der Waals surface area contributed by atoms with Gasteiger partial charge < -0.3 is 14.9 Å². The molecule has 2 N–H and O–H groups in total. The molecule has 0 saturated heterocycles. The standard InChI is InChI=1S/C10H16N4O5S/c1-19-8-4-2-3-7(5-8)13-6-9(20(11,17)18)10(12-13)14(15)16/h6-8H,2-5H2,1H3,(H2,11,17,18). The molecule has 2 atom stereocenters. The molecule has 20 heavy (non-hydrogen) atoms. The van der Waals surface area contributed by atoms with Crippen molar-refractivity contribution in [2.75, 3.05) is 7.11 Å². The predicted octanol–water partition coefficient (Wildman–Crippen LogP) is 0.569. The van der Waals surface area contributed by atoms with E-state index in [1.54, 1.807) is 7.11 Å². The quantitative estimate of drug-likeness (QED) is 0.639. The second kappa shape index (κ2) is 5.46. The molecule has 1 aliphatic carbocycles. The van der Waals surface area contributed by atoms with Gasteiger partial charge >= 0.3 is 5.82 Å². The number of sulfonamides is 1. The Hall–Kier alpha value is -1.52. The number of nitrogens with two attached hydrogens (primary N) is 1. The number of aromatic nitrogens is 2. The molecule has 1 saturated carbocycles. The summed E-state index contributed by atoms with van der Waals surface area (Å²) in [6.45, 7) is 0. The zero-order valence-corrected chi connectivity index (χ0v) is 11.7. The smallest absolute Gasteiger partial charge is 0.381 e. The van der Waals surface area contributed by atoms with Crippen LogP contribution < -0.4 is 5.14 Å². The summed E-state index contributed by atoms with van der Waals surface area (Å²) in [4.78, 5) is 9.48. The van der Waals surface area contributed by atoms with Crippen molar-refractivity contribution in [3.63, 3.8) is 0 Å². The highest BCUT2D eigenvalue weighted by Crippen LogP contribution is 2.32. The van der Waals surface area contributed by atoms with Crippen LogP contribution in [0.25, 0.3) is 0 Å². The first-order valence-corrected chi connectivity index (χ1v) is 7.66. The summed E-state index contributed by atoms with van der Waals surface area (Å²) in [5.74, 6) is -0.730. The Kier molecular flexibility index (Phi) is 4.06. The third-order valence-corrected chi connectivity index (χ3v) is 4.37. The first-order chi connectivity index (χ1) is 9.32. The van der Waals surface area contributed by atoms with Gasteiger partial charge in [0.2, 0.25) is 14.9 Å². The summed E-state index contributed by atoms with van der Waals surface area (Å²) in [6, 6.07) is -0.122. The van der Waals surface area contributed by atoms with Gasteiger partial charge in [-0.15, -0.1) is 0 Å². The minimum Gasteiger partial charge on any atom is -0.381 e. The molecule has 0 aromatic carbocycles. The summed E-state index contributed by atoms with van der Waals surface area (Å²) in [7, 11) is -2.57. The van der Waals surface area contributed by atoms with Crippen molar-refractivity contribution >= 4 is 15.8 Å². The fraction of sp³-hybridized carbons (Fsp3) is 0.700. The Morgan fingerprint density at radius 1 is 1.55 bits per heavy atom. The second-order valence-corrected chi connectivity index (χ2v) is 6.31. The van der Waals surface area contributed by atoms with Crippen molar-refractivity contribution in [1.82, 2.24) is 9.78 Å². The minimum absolute atomic E-state index is 0.0509. The van der Waals surface area contributed by atoms with E-state index in [0.29, 0.717) is 6.42 Å². The molecular weight excluding hydrogens is 288 g/mol. The maximum atomic E-state index is 11.4. The molecule has 0 radical (unpaired) electrons. The molecule has 10 heteroatoms. The average Bonchev–Trinajstić information content (AvgIpc) is 2.84. The van der Waals surface area contributed by atoms with Gasteiger partial charge in [-0.1, -0.05) is 0 Å². The van der Waals surface area contributed by atoms with Crippen LogP contribution in [0.3, 0.4) is 0 Å². The lowest BCUT2D eigenvalue weighted by atomic mass is 9.93. The van der Waals surface area contributed by atoms with E-state index >= 15 is 0 Å². The van der Waals surface area contributed by atoms with Crippen LogP contribution in [0.5, 0.6) is 0 Å². The van der Waals surface area contributed by atoms with Crippen molar-refractivity contribution in [2.24, 2.45) is 5.14 Å². The van der Waals surface area contributed by atoms with Crippen molar-refractivity contribution in [3.8, 4) is 0 Å². The minimum atomic E-state index is -4.17. The zero-order valence-electron chi connectivity index (χ0n) is 10.9. The highest BCUT2D eigenvalue weighted by Gasteiger charge is 2.33. The molecular formula is C10H16N4O5S. The van der Waals surface area contributed by atoms with Gasteiger partial charge in [-0.3, -0.25) is 0 Å².